The molecule has 0 aromatic carbocycles. The molecule has 1 heterocycles. The van der Waals surface area contributed by atoms with Gasteiger partial charge in [0, 0.05) is 17.3 Å². The number of nitrogens with one attached hydrogen (secondary N) is 1. The van der Waals surface area contributed by atoms with Gasteiger partial charge < -0.3 is 15.5 Å². The summed E-state index contributed by atoms with van der Waals surface area (Å²) in [6.07, 6.45) is 10.5. The largest absolute Gasteiger partial charge is 0.389 e. The average molecular weight is 417 g/mol. The van der Waals surface area contributed by atoms with Crippen LogP contribution in [0.15, 0.2) is 17.0 Å². The summed E-state index contributed by atoms with van der Waals surface area (Å²) in [7, 11) is 0. The molecule has 0 aliphatic heterocycles. The first kappa shape index (κ1) is 20.0. The van der Waals surface area contributed by atoms with Gasteiger partial charge in [0.1, 0.15) is 5.60 Å². The zero-order chi connectivity index (χ0) is 20.4. The van der Waals surface area contributed by atoms with Crippen LogP contribution >= 0.6 is 11.3 Å². The smallest absolute Gasteiger partial charge is 0.182 e. The fraction of sp³-hybridized carbons (Fsp3) is 0.792. The van der Waals surface area contributed by atoms with E-state index < -0.39 is 5.60 Å². The van der Waals surface area contributed by atoms with Gasteiger partial charge in [-0.25, -0.2) is 4.98 Å². The van der Waals surface area contributed by atoms with Crippen molar-refractivity contribution in [2.24, 2.45) is 28.6 Å². The van der Waals surface area contributed by atoms with E-state index in [0.29, 0.717) is 17.8 Å². The molecule has 4 aliphatic carbocycles. The zero-order valence-corrected chi connectivity index (χ0v) is 18.9. The van der Waals surface area contributed by atoms with Gasteiger partial charge in [-0.2, -0.15) is 0 Å². The molecule has 1 aromatic heterocycles. The second kappa shape index (κ2) is 6.80. The number of nitrogens with zero attached hydrogens (tertiary/aromatic N) is 1. The fourth-order valence-corrected chi connectivity index (χ4v) is 8.69. The van der Waals surface area contributed by atoms with Crippen LogP contribution in [0.4, 0.5) is 5.13 Å². The highest BCUT2D eigenvalue weighted by atomic mass is 32.1. The monoisotopic (exact) mass is 416 g/mol. The maximum absolute atomic E-state index is 12.0. The van der Waals surface area contributed by atoms with E-state index in [0.717, 1.165) is 55.9 Å². The molecule has 5 rings (SSSR count). The number of allylic oxidation sites excluding steroid dienone is 1. The molecule has 7 atom stereocenters. The van der Waals surface area contributed by atoms with Crippen LogP contribution < -0.4 is 5.32 Å². The van der Waals surface area contributed by atoms with Crippen molar-refractivity contribution >= 4 is 16.5 Å². The lowest BCUT2D eigenvalue weighted by molar-refractivity contribution is -0.134. The molecule has 0 spiro atoms. The highest BCUT2D eigenvalue weighted by Gasteiger charge is 2.65. The maximum Gasteiger partial charge on any atom is 0.182 e. The second-order valence-corrected chi connectivity index (χ2v) is 11.4. The Morgan fingerprint density at radius 3 is 2.72 bits per heavy atom. The van der Waals surface area contributed by atoms with E-state index in [4.69, 9.17) is 4.98 Å². The topological polar surface area (TPSA) is 65.4 Å². The van der Waals surface area contributed by atoms with Crippen LogP contribution in [0, 0.1) is 28.6 Å². The number of aromatic nitrogens is 1. The zero-order valence-electron chi connectivity index (χ0n) is 18.1. The number of thiazole rings is 1. The summed E-state index contributed by atoms with van der Waals surface area (Å²) in [5.74, 6) is 1.95. The van der Waals surface area contributed by atoms with Gasteiger partial charge >= 0.3 is 0 Å². The molecule has 3 saturated carbocycles. The summed E-state index contributed by atoms with van der Waals surface area (Å²) < 4.78 is 0. The number of rotatable bonds is 3. The molecule has 4 nitrogen and oxygen atoms in total. The number of aliphatic hydroxyl groups excluding tert-OH is 1. The van der Waals surface area contributed by atoms with Gasteiger partial charge in [0.2, 0.25) is 0 Å². The number of hydrogen-bond acceptors (Lipinski definition) is 5. The fourth-order valence-electron chi connectivity index (χ4n) is 7.84. The van der Waals surface area contributed by atoms with E-state index in [1.807, 2.05) is 0 Å². The third-order valence-corrected chi connectivity index (χ3v) is 10.3. The Labute approximate surface area is 178 Å². The van der Waals surface area contributed by atoms with E-state index in [1.165, 1.54) is 18.4 Å². The quantitative estimate of drug-likeness (QED) is 0.601. The van der Waals surface area contributed by atoms with Crippen LogP contribution in [0.3, 0.4) is 0 Å². The van der Waals surface area contributed by atoms with Crippen molar-refractivity contribution in [3.8, 4) is 0 Å². The van der Waals surface area contributed by atoms with Gasteiger partial charge in [-0.3, -0.25) is 0 Å². The predicted octanol–water partition coefficient (Wildman–Crippen LogP) is 5.09. The molecule has 0 amide bonds. The molecule has 4 aliphatic rings. The normalized spacial score (nSPS) is 46.4. The lowest BCUT2D eigenvalue weighted by atomic mass is 9.46. The first-order valence-electron chi connectivity index (χ1n) is 11.6. The van der Waals surface area contributed by atoms with Crippen molar-refractivity contribution in [1.82, 2.24) is 4.98 Å². The SMILES string of the molecule is CCNc1nc([C@@]2(O)CC[C@H]3[C@@H]4CCC5=C[C@@H](O)CC[C@]5(C)[C@H]4CC[C@@]32C)cs1. The molecule has 3 fully saturated rings. The van der Waals surface area contributed by atoms with Gasteiger partial charge in [0.05, 0.1) is 11.8 Å². The molecule has 0 unspecified atom stereocenters. The van der Waals surface area contributed by atoms with Crippen LogP contribution in [-0.4, -0.2) is 27.8 Å². The van der Waals surface area contributed by atoms with Gasteiger partial charge in [0.15, 0.2) is 5.13 Å². The Morgan fingerprint density at radius 2 is 1.93 bits per heavy atom. The lowest BCUT2D eigenvalue weighted by Gasteiger charge is -2.59. The van der Waals surface area contributed by atoms with Gasteiger partial charge in [-0.1, -0.05) is 25.5 Å². The minimum absolute atomic E-state index is 0.0858. The third kappa shape index (κ3) is 2.73. The van der Waals surface area contributed by atoms with Crippen LogP contribution in [0.25, 0.3) is 0 Å². The van der Waals surface area contributed by atoms with Crippen LogP contribution in [-0.2, 0) is 5.60 Å². The molecule has 0 saturated heterocycles. The molecule has 0 bridgehead atoms. The van der Waals surface area contributed by atoms with Crippen molar-refractivity contribution in [3.05, 3.63) is 22.7 Å². The molecular formula is C24H36N2O2S. The lowest BCUT2D eigenvalue weighted by Crippen LogP contribution is -2.54. The minimum atomic E-state index is -0.799. The first-order valence-corrected chi connectivity index (χ1v) is 12.5. The number of aliphatic hydroxyl groups is 2. The summed E-state index contributed by atoms with van der Waals surface area (Å²) in [6.45, 7) is 7.76. The summed E-state index contributed by atoms with van der Waals surface area (Å²) in [5, 5.41) is 28.5. The molecule has 160 valence electrons. The van der Waals surface area contributed by atoms with Crippen molar-refractivity contribution < 1.29 is 10.2 Å². The van der Waals surface area contributed by atoms with Gasteiger partial charge in [0.25, 0.3) is 0 Å². The molecule has 0 radical (unpaired) electrons. The average Bonchev–Trinajstić information content (AvgIpc) is 3.26. The van der Waals surface area contributed by atoms with Gasteiger partial charge in [-0.05, 0) is 81.5 Å². The Kier molecular flexibility index (Phi) is 4.69. The highest BCUT2D eigenvalue weighted by molar-refractivity contribution is 7.13. The Bertz CT molecular complexity index is 822. The van der Waals surface area contributed by atoms with Crippen LogP contribution in [0.2, 0.25) is 0 Å². The van der Waals surface area contributed by atoms with Crippen molar-refractivity contribution in [2.75, 3.05) is 11.9 Å². The van der Waals surface area contributed by atoms with E-state index in [9.17, 15) is 10.2 Å². The number of anilines is 1. The Balaban J connectivity index is 1.46. The molecule has 29 heavy (non-hydrogen) atoms. The van der Waals surface area contributed by atoms with Crippen LogP contribution in [0.5, 0.6) is 0 Å². The first-order chi connectivity index (χ1) is 13.8. The molecule has 3 N–H and O–H groups in total. The minimum Gasteiger partial charge on any atom is -0.389 e. The summed E-state index contributed by atoms with van der Waals surface area (Å²) >= 11 is 1.62. The molecule has 5 heteroatoms. The van der Waals surface area contributed by atoms with E-state index in [1.54, 1.807) is 11.3 Å². The summed E-state index contributed by atoms with van der Waals surface area (Å²) in [4.78, 5) is 4.80. The van der Waals surface area contributed by atoms with E-state index in [2.05, 4.69) is 37.5 Å². The standard InChI is InChI=1S/C24H36N2O2S/c1-4-25-21-26-20(14-29-21)24(28)12-9-19-17-6-5-15-13-16(27)7-10-22(15,2)18(17)8-11-23(19,24)3/h13-14,16-19,27-28H,4-12H2,1-3H3,(H,25,26)/t16-,17+,18-,19-,22-,23-,24-/m0/s1. The van der Waals surface area contributed by atoms with Crippen molar-refractivity contribution in [1.29, 1.82) is 0 Å². The Morgan fingerprint density at radius 1 is 1.14 bits per heavy atom. The van der Waals surface area contributed by atoms with Crippen molar-refractivity contribution in [2.45, 2.75) is 83.8 Å². The molecule has 1 aromatic rings. The van der Waals surface area contributed by atoms with Crippen molar-refractivity contribution in [3.63, 3.8) is 0 Å². The Hall–Kier alpha value is -0.910. The summed E-state index contributed by atoms with van der Waals surface area (Å²) in [6, 6.07) is 0. The number of fused-ring (bicyclic) bond motifs is 5. The van der Waals surface area contributed by atoms with Gasteiger partial charge in [-0.15, -0.1) is 11.3 Å². The second-order valence-electron chi connectivity index (χ2n) is 10.6. The predicted molar refractivity (Wildman–Crippen MR) is 118 cm³/mol. The summed E-state index contributed by atoms with van der Waals surface area (Å²) in [5.41, 5.74) is 1.78. The maximum atomic E-state index is 12.0. The third-order valence-electron chi connectivity index (χ3n) is 9.50. The highest BCUT2D eigenvalue weighted by Crippen LogP contribution is 2.69. The number of hydrogen-bond donors (Lipinski definition) is 3. The molecular weight excluding hydrogens is 380 g/mol. The van der Waals surface area contributed by atoms with E-state index >= 15 is 0 Å². The van der Waals surface area contributed by atoms with Crippen LogP contribution in [0.1, 0.15) is 77.8 Å². The van der Waals surface area contributed by atoms with E-state index in [-0.39, 0.29) is 16.9 Å².